The van der Waals surface area contributed by atoms with E-state index in [9.17, 15) is 0 Å². The monoisotopic (exact) mass is 526 g/mol. The fourth-order valence-corrected chi connectivity index (χ4v) is 6.23. The maximum Gasteiger partial charge on any atom is 0.307 e. The Labute approximate surface area is 234 Å². The molecule has 9 rings (SSSR count). The van der Waals surface area contributed by atoms with Gasteiger partial charge in [0.1, 0.15) is 16.7 Å². The molecular weight excluding hydrogens is 504 g/mol. The normalized spacial score (nSPS) is 11.9. The smallest absolute Gasteiger partial charge is 0.307 e. The molecule has 9 aromatic rings. The van der Waals surface area contributed by atoms with Crippen LogP contribution < -0.4 is 0 Å². The Balaban J connectivity index is 1.40. The molecule has 0 aliphatic rings. The Morgan fingerprint density at radius 1 is 0.463 bits per heavy atom. The first-order valence-electron chi connectivity index (χ1n) is 13.7. The Morgan fingerprint density at radius 3 is 2.07 bits per heavy atom. The Hall–Kier alpha value is -5.61. The number of nitrogens with zero attached hydrogens (tertiary/aromatic N) is 2. The molecule has 0 spiro atoms. The van der Waals surface area contributed by atoms with Gasteiger partial charge in [0.15, 0.2) is 5.58 Å². The number of benzene rings is 6. The van der Waals surface area contributed by atoms with Gasteiger partial charge in [-0.05, 0) is 52.6 Å². The Kier molecular flexibility index (Phi) is 4.58. The zero-order valence-corrected chi connectivity index (χ0v) is 21.9. The molecule has 0 atom stereocenters. The van der Waals surface area contributed by atoms with E-state index in [1.807, 2.05) is 36.4 Å². The van der Waals surface area contributed by atoms with Crippen LogP contribution in [0, 0.1) is 0 Å². The number of para-hydroxylation sites is 1. The van der Waals surface area contributed by atoms with E-state index in [4.69, 9.17) is 13.8 Å². The summed E-state index contributed by atoms with van der Waals surface area (Å²) < 4.78 is 14.9. The van der Waals surface area contributed by atoms with E-state index < -0.39 is 0 Å². The van der Waals surface area contributed by atoms with E-state index in [2.05, 4.69) is 102 Å². The maximum atomic E-state index is 6.56. The predicted octanol–water partition coefficient (Wildman–Crippen LogP) is 10.2. The molecule has 3 heterocycles. The Bertz CT molecular complexity index is 2410. The summed E-state index contributed by atoms with van der Waals surface area (Å²) in [6.45, 7) is 0. The third kappa shape index (κ3) is 3.25. The zero-order chi connectivity index (χ0) is 26.9. The second-order valence-corrected chi connectivity index (χ2v) is 10.4. The van der Waals surface area contributed by atoms with Gasteiger partial charge in [-0.2, -0.15) is 4.98 Å². The molecule has 0 saturated heterocycles. The fourth-order valence-electron chi connectivity index (χ4n) is 6.23. The molecule has 0 radical (unpaired) electrons. The summed E-state index contributed by atoms with van der Waals surface area (Å²) in [5.41, 5.74) is 9.93. The van der Waals surface area contributed by atoms with Crippen LogP contribution in [0.25, 0.3) is 83.1 Å². The number of hydrogen-bond acceptors (Lipinski definition) is 3. The quantitative estimate of drug-likeness (QED) is 0.230. The molecule has 0 N–H and O–H groups in total. The van der Waals surface area contributed by atoms with Crippen molar-refractivity contribution in [1.82, 2.24) is 9.55 Å². The third-order valence-electron chi connectivity index (χ3n) is 8.06. The number of oxazole rings is 1. The van der Waals surface area contributed by atoms with Crippen molar-refractivity contribution in [3.8, 4) is 28.3 Å². The van der Waals surface area contributed by atoms with Crippen LogP contribution in [-0.2, 0) is 0 Å². The number of rotatable bonds is 3. The lowest BCUT2D eigenvalue weighted by molar-refractivity contribution is 0.574. The first kappa shape index (κ1) is 22.2. The number of hydrogen-bond donors (Lipinski definition) is 0. The number of aromatic nitrogens is 2. The van der Waals surface area contributed by atoms with Crippen molar-refractivity contribution in [2.45, 2.75) is 0 Å². The Morgan fingerprint density at radius 2 is 1.22 bits per heavy atom. The third-order valence-corrected chi connectivity index (χ3v) is 8.06. The molecule has 0 saturated carbocycles. The molecule has 0 aliphatic heterocycles. The molecule has 0 fully saturated rings. The van der Waals surface area contributed by atoms with E-state index in [1.165, 1.54) is 22.1 Å². The van der Waals surface area contributed by atoms with Gasteiger partial charge in [-0.25, -0.2) is 0 Å². The van der Waals surface area contributed by atoms with Crippen molar-refractivity contribution in [3.05, 3.63) is 133 Å². The van der Waals surface area contributed by atoms with Crippen LogP contribution in [0.1, 0.15) is 0 Å². The first-order chi connectivity index (χ1) is 20.3. The van der Waals surface area contributed by atoms with E-state index in [-0.39, 0.29) is 0 Å². The molecule has 6 aromatic carbocycles. The van der Waals surface area contributed by atoms with Gasteiger partial charge in [0.05, 0.1) is 16.4 Å². The standard InChI is InChI=1S/C37H22N2O2/c1-3-10-23(11-4-1)25-18-19-27-30(22-25)39(29-16-9-15-26(34(27)29)24-12-5-2-6-13-24)37-38-36-33(41-37)21-20-32-35(36)28-14-7-8-17-31(28)40-32/h1-22H. The van der Waals surface area contributed by atoms with Crippen LogP contribution >= 0.6 is 0 Å². The van der Waals surface area contributed by atoms with Crippen LogP contribution in [0.2, 0.25) is 0 Å². The minimum Gasteiger partial charge on any atom is -0.456 e. The highest BCUT2D eigenvalue weighted by atomic mass is 16.4. The van der Waals surface area contributed by atoms with Crippen molar-refractivity contribution in [2.24, 2.45) is 0 Å². The number of furan rings is 1. The van der Waals surface area contributed by atoms with E-state index >= 15 is 0 Å². The van der Waals surface area contributed by atoms with Gasteiger partial charge in [0.2, 0.25) is 0 Å². The molecule has 4 nitrogen and oxygen atoms in total. The van der Waals surface area contributed by atoms with Crippen LogP contribution in [-0.4, -0.2) is 9.55 Å². The summed E-state index contributed by atoms with van der Waals surface area (Å²) in [5, 5.41) is 4.34. The highest BCUT2D eigenvalue weighted by Gasteiger charge is 2.22. The molecule has 0 bridgehead atoms. The SMILES string of the molecule is c1ccc(-c2ccc3c4c(-c5ccccc5)cccc4n(-c4nc5c(ccc6oc7ccccc7c65)o4)c3c2)cc1. The van der Waals surface area contributed by atoms with E-state index in [1.54, 1.807) is 0 Å². The highest BCUT2D eigenvalue weighted by Crippen LogP contribution is 2.41. The largest absolute Gasteiger partial charge is 0.456 e. The van der Waals surface area contributed by atoms with Gasteiger partial charge in [-0.15, -0.1) is 0 Å². The summed E-state index contributed by atoms with van der Waals surface area (Å²) in [6, 6.07) is 46.7. The molecule has 41 heavy (non-hydrogen) atoms. The van der Waals surface area contributed by atoms with Gasteiger partial charge in [0.25, 0.3) is 0 Å². The fraction of sp³-hybridized carbons (Fsp3) is 0. The van der Waals surface area contributed by atoms with Crippen LogP contribution in [0.3, 0.4) is 0 Å². The van der Waals surface area contributed by atoms with Crippen LogP contribution in [0.5, 0.6) is 0 Å². The molecular formula is C37H22N2O2. The molecule has 4 heteroatoms. The molecule has 192 valence electrons. The lowest BCUT2D eigenvalue weighted by atomic mass is 9.98. The summed E-state index contributed by atoms with van der Waals surface area (Å²) in [5.74, 6) is 0. The van der Waals surface area contributed by atoms with Gasteiger partial charge < -0.3 is 8.83 Å². The second-order valence-electron chi connectivity index (χ2n) is 10.4. The van der Waals surface area contributed by atoms with Crippen molar-refractivity contribution in [1.29, 1.82) is 0 Å². The van der Waals surface area contributed by atoms with Gasteiger partial charge in [-0.3, -0.25) is 4.57 Å². The van der Waals surface area contributed by atoms with Gasteiger partial charge >= 0.3 is 6.01 Å². The van der Waals surface area contributed by atoms with E-state index in [0.717, 1.165) is 55.0 Å². The lowest BCUT2D eigenvalue weighted by Gasteiger charge is -2.05. The van der Waals surface area contributed by atoms with Gasteiger partial charge in [0, 0.05) is 16.2 Å². The number of fused-ring (bicyclic) bond motifs is 8. The minimum absolute atomic E-state index is 0.535. The average molecular weight is 527 g/mol. The van der Waals surface area contributed by atoms with Crippen molar-refractivity contribution < 1.29 is 8.83 Å². The highest BCUT2D eigenvalue weighted by molar-refractivity contribution is 6.18. The van der Waals surface area contributed by atoms with Gasteiger partial charge in [-0.1, -0.05) is 103 Å². The van der Waals surface area contributed by atoms with Crippen molar-refractivity contribution >= 4 is 54.8 Å². The van der Waals surface area contributed by atoms with E-state index in [0.29, 0.717) is 6.01 Å². The predicted molar refractivity (Wildman–Crippen MR) is 166 cm³/mol. The molecule has 3 aromatic heterocycles. The van der Waals surface area contributed by atoms with Crippen LogP contribution in [0.15, 0.2) is 142 Å². The molecule has 0 aliphatic carbocycles. The second kappa shape index (κ2) is 8.44. The minimum atomic E-state index is 0.535. The topological polar surface area (TPSA) is 44.1 Å². The maximum absolute atomic E-state index is 6.56. The zero-order valence-electron chi connectivity index (χ0n) is 21.9. The van der Waals surface area contributed by atoms with Crippen molar-refractivity contribution in [2.75, 3.05) is 0 Å². The summed E-state index contributed by atoms with van der Waals surface area (Å²) in [4.78, 5) is 5.15. The molecule has 0 amide bonds. The summed E-state index contributed by atoms with van der Waals surface area (Å²) in [7, 11) is 0. The first-order valence-corrected chi connectivity index (χ1v) is 13.7. The van der Waals surface area contributed by atoms with Crippen molar-refractivity contribution in [3.63, 3.8) is 0 Å². The lowest BCUT2D eigenvalue weighted by Crippen LogP contribution is -1.94. The summed E-state index contributed by atoms with van der Waals surface area (Å²) in [6.07, 6.45) is 0. The van der Waals surface area contributed by atoms with Crippen LogP contribution in [0.4, 0.5) is 0 Å². The summed E-state index contributed by atoms with van der Waals surface area (Å²) >= 11 is 0. The molecule has 0 unspecified atom stereocenters. The average Bonchev–Trinajstić information content (AvgIpc) is 3.72.